The third kappa shape index (κ3) is 6.50. The van der Waals surface area contributed by atoms with Crippen LogP contribution in [-0.4, -0.2) is 39.1 Å². The van der Waals surface area contributed by atoms with E-state index in [-0.39, 0.29) is 29.6 Å². The number of nitrogens with one attached hydrogen (secondary N) is 1. The Balaban J connectivity index is 2.39. The van der Waals surface area contributed by atoms with Crippen molar-refractivity contribution in [2.45, 2.75) is 19.0 Å². The molecule has 0 aromatic heterocycles. The molecule has 2 aromatic rings. The van der Waals surface area contributed by atoms with Crippen LogP contribution in [-0.2, 0) is 16.1 Å². The van der Waals surface area contributed by atoms with Crippen LogP contribution in [0.1, 0.15) is 17.5 Å². The van der Waals surface area contributed by atoms with E-state index in [4.69, 9.17) is 21.6 Å². The first-order valence-electron chi connectivity index (χ1n) is 9.03. The minimum Gasteiger partial charge on any atom is -0.383 e. The number of rotatable bonds is 11. The number of aldehydes is 1. The molecule has 1 N–H and O–H groups in total. The van der Waals surface area contributed by atoms with Crippen LogP contribution in [0.4, 0.5) is 14.5 Å². The summed E-state index contributed by atoms with van der Waals surface area (Å²) in [6.45, 7) is 1.50. The summed E-state index contributed by atoms with van der Waals surface area (Å²) in [5.41, 5.74) is 1.05. The van der Waals surface area contributed by atoms with Crippen molar-refractivity contribution in [3.8, 4) is 6.07 Å². The van der Waals surface area contributed by atoms with Crippen molar-refractivity contribution in [3.63, 3.8) is 0 Å². The summed E-state index contributed by atoms with van der Waals surface area (Å²) >= 11 is 6.18. The summed E-state index contributed by atoms with van der Waals surface area (Å²) in [7, 11) is 1.59. The lowest BCUT2D eigenvalue weighted by Crippen LogP contribution is -2.43. The molecule has 2 aromatic carbocycles. The molecule has 0 aliphatic rings. The number of anilines is 1. The first-order chi connectivity index (χ1) is 14.0. The number of ether oxygens (including phenoxy) is 1. The molecule has 0 radical (unpaired) electrons. The topological polar surface area (TPSA) is 65.4 Å². The molecule has 2 rings (SSSR count). The van der Waals surface area contributed by atoms with Crippen LogP contribution in [0.5, 0.6) is 0 Å². The lowest BCUT2D eigenvalue weighted by atomic mass is 10.1. The Morgan fingerprint density at radius 3 is 2.76 bits per heavy atom. The highest BCUT2D eigenvalue weighted by Crippen LogP contribution is 2.27. The largest absolute Gasteiger partial charge is 0.383 e. The van der Waals surface area contributed by atoms with Gasteiger partial charge in [-0.2, -0.15) is 5.26 Å². The first kappa shape index (κ1) is 22.8. The van der Waals surface area contributed by atoms with E-state index < -0.39 is 11.6 Å². The Bertz CT molecular complexity index is 873. The number of carbonyl (C=O) groups is 1. The molecule has 0 saturated heterocycles. The normalized spacial score (nSPS) is 11.7. The molecule has 0 spiro atoms. The van der Waals surface area contributed by atoms with Crippen molar-refractivity contribution in [1.29, 1.82) is 5.26 Å². The van der Waals surface area contributed by atoms with Crippen molar-refractivity contribution in [2.24, 2.45) is 0 Å². The van der Waals surface area contributed by atoms with Gasteiger partial charge in [-0.25, -0.2) is 8.78 Å². The molecule has 0 bridgehead atoms. The number of nitrogens with zero attached hydrogens (tertiary/aromatic N) is 2. The van der Waals surface area contributed by atoms with Crippen LogP contribution in [0, 0.1) is 23.0 Å². The molecule has 1 atom stereocenters. The molecule has 0 saturated carbocycles. The van der Waals surface area contributed by atoms with Gasteiger partial charge in [0.1, 0.15) is 24.0 Å². The average molecular weight is 422 g/mol. The minimum absolute atomic E-state index is 0.0241. The molecule has 0 amide bonds. The SMILES string of the molecule is COCCNC[C@H](CC=O)N(Cc1cc(F)ccc1F)c1ccc(C#N)c(Cl)c1. The molecule has 0 heterocycles. The van der Waals surface area contributed by atoms with E-state index in [0.29, 0.717) is 30.9 Å². The number of hydrogen-bond donors (Lipinski definition) is 1. The van der Waals surface area contributed by atoms with E-state index in [1.54, 1.807) is 30.2 Å². The molecule has 0 aliphatic heterocycles. The number of nitriles is 1. The third-order valence-corrected chi connectivity index (χ3v) is 4.74. The van der Waals surface area contributed by atoms with Crippen LogP contribution < -0.4 is 10.2 Å². The van der Waals surface area contributed by atoms with Gasteiger partial charge in [-0.1, -0.05) is 11.6 Å². The number of hydrogen-bond acceptors (Lipinski definition) is 5. The van der Waals surface area contributed by atoms with E-state index in [0.717, 1.165) is 24.5 Å². The molecule has 0 unspecified atom stereocenters. The van der Waals surface area contributed by atoms with E-state index in [2.05, 4.69) is 5.32 Å². The fourth-order valence-electron chi connectivity index (χ4n) is 2.93. The monoisotopic (exact) mass is 421 g/mol. The van der Waals surface area contributed by atoms with Crippen molar-refractivity contribution in [2.75, 3.05) is 31.7 Å². The van der Waals surface area contributed by atoms with Gasteiger partial charge < -0.3 is 19.7 Å². The fraction of sp³-hybridized carbons (Fsp3) is 0.333. The highest BCUT2D eigenvalue weighted by molar-refractivity contribution is 6.32. The Morgan fingerprint density at radius 1 is 1.31 bits per heavy atom. The zero-order chi connectivity index (χ0) is 21.2. The summed E-state index contributed by atoms with van der Waals surface area (Å²) in [4.78, 5) is 13.1. The maximum atomic E-state index is 14.3. The van der Waals surface area contributed by atoms with Gasteiger partial charge in [-0.05, 0) is 36.4 Å². The standard InChI is InChI=1S/C21H22ClF2N3O2/c1-29-9-7-26-13-19(6-8-28)27(14-16-10-17(23)3-5-21(16)24)18-4-2-15(12-25)20(22)11-18/h2-5,8,10-11,19,26H,6-7,9,13-14H2,1H3/t19-/m0/s1. The van der Waals surface area contributed by atoms with Gasteiger partial charge in [0.15, 0.2) is 0 Å². The lowest BCUT2D eigenvalue weighted by Gasteiger charge is -2.33. The Kier molecular flexibility index (Phi) is 9.00. The van der Waals surface area contributed by atoms with Crippen molar-refractivity contribution < 1.29 is 18.3 Å². The zero-order valence-electron chi connectivity index (χ0n) is 16.0. The average Bonchev–Trinajstić information content (AvgIpc) is 2.71. The second kappa shape index (κ2) is 11.5. The Morgan fingerprint density at radius 2 is 2.10 bits per heavy atom. The molecule has 0 aliphatic carbocycles. The summed E-state index contributed by atoms with van der Waals surface area (Å²) in [6, 6.07) is 9.71. The maximum absolute atomic E-state index is 14.3. The van der Waals surface area contributed by atoms with Crippen LogP contribution in [0.15, 0.2) is 36.4 Å². The number of benzene rings is 2. The number of halogens is 3. The molecule has 29 heavy (non-hydrogen) atoms. The van der Waals surface area contributed by atoms with E-state index >= 15 is 0 Å². The van der Waals surface area contributed by atoms with Crippen molar-refractivity contribution in [1.82, 2.24) is 5.32 Å². The second-order valence-electron chi connectivity index (χ2n) is 6.39. The van der Waals surface area contributed by atoms with Crippen molar-refractivity contribution >= 4 is 23.6 Å². The fourth-order valence-corrected chi connectivity index (χ4v) is 3.14. The smallest absolute Gasteiger partial charge is 0.128 e. The van der Waals surface area contributed by atoms with Gasteiger partial charge in [0.2, 0.25) is 0 Å². The molecular formula is C21H22ClF2N3O2. The van der Waals surface area contributed by atoms with Gasteiger partial charge in [0, 0.05) is 50.5 Å². The van der Waals surface area contributed by atoms with Gasteiger partial charge in [0.25, 0.3) is 0 Å². The van der Waals surface area contributed by atoms with Gasteiger partial charge in [0.05, 0.1) is 17.2 Å². The van der Waals surface area contributed by atoms with Crippen LogP contribution in [0.3, 0.4) is 0 Å². The lowest BCUT2D eigenvalue weighted by molar-refractivity contribution is -0.108. The minimum atomic E-state index is -0.552. The molecule has 0 fully saturated rings. The highest BCUT2D eigenvalue weighted by Gasteiger charge is 2.21. The zero-order valence-corrected chi connectivity index (χ0v) is 16.8. The molecule has 154 valence electrons. The van der Waals surface area contributed by atoms with Gasteiger partial charge in [-0.3, -0.25) is 0 Å². The van der Waals surface area contributed by atoms with E-state index in [9.17, 15) is 13.6 Å². The van der Waals surface area contributed by atoms with Crippen LogP contribution in [0.25, 0.3) is 0 Å². The summed E-state index contributed by atoms with van der Waals surface area (Å²) < 4.78 is 33.0. The predicted molar refractivity (Wildman–Crippen MR) is 108 cm³/mol. The maximum Gasteiger partial charge on any atom is 0.128 e. The Labute approximate surface area is 173 Å². The third-order valence-electron chi connectivity index (χ3n) is 4.43. The quantitative estimate of drug-likeness (QED) is 0.443. The number of carbonyl (C=O) groups excluding carboxylic acids is 1. The first-order valence-corrected chi connectivity index (χ1v) is 9.41. The molecule has 8 heteroatoms. The molecular weight excluding hydrogens is 400 g/mol. The second-order valence-corrected chi connectivity index (χ2v) is 6.80. The van der Waals surface area contributed by atoms with Gasteiger partial charge in [-0.15, -0.1) is 0 Å². The van der Waals surface area contributed by atoms with Gasteiger partial charge >= 0.3 is 0 Å². The van der Waals surface area contributed by atoms with E-state index in [1.165, 1.54) is 0 Å². The highest BCUT2D eigenvalue weighted by atomic mass is 35.5. The van der Waals surface area contributed by atoms with E-state index in [1.807, 2.05) is 6.07 Å². The number of methoxy groups -OCH3 is 1. The van der Waals surface area contributed by atoms with Crippen LogP contribution in [0.2, 0.25) is 5.02 Å². The van der Waals surface area contributed by atoms with Crippen LogP contribution >= 0.6 is 11.6 Å². The Hall–Kier alpha value is -2.53. The summed E-state index contributed by atoms with van der Waals surface area (Å²) in [6.07, 6.45) is 0.942. The van der Waals surface area contributed by atoms with Crippen molar-refractivity contribution in [3.05, 3.63) is 64.2 Å². The summed E-state index contributed by atoms with van der Waals surface area (Å²) in [5, 5.41) is 12.5. The summed E-state index contributed by atoms with van der Waals surface area (Å²) in [5.74, 6) is -1.10. The molecule has 5 nitrogen and oxygen atoms in total. The predicted octanol–water partition coefficient (Wildman–Crippen LogP) is 3.69.